The topological polar surface area (TPSA) is 60.9 Å². The first-order valence-electron chi connectivity index (χ1n) is 6.03. The molecule has 0 fully saturated rings. The number of furan rings is 1. The number of carbonyl (C=O) groups is 1. The van der Waals surface area contributed by atoms with Crippen LogP contribution in [0.5, 0.6) is 0 Å². The fourth-order valence-electron chi connectivity index (χ4n) is 2.04. The Morgan fingerprint density at radius 2 is 2.11 bits per heavy atom. The number of aromatic nitrogens is 3. The van der Waals surface area contributed by atoms with Crippen LogP contribution in [0.4, 0.5) is 0 Å². The van der Waals surface area contributed by atoms with Gasteiger partial charge >= 0.3 is 0 Å². The Hall–Kier alpha value is -2.43. The van der Waals surface area contributed by atoms with Crippen molar-refractivity contribution >= 4 is 16.8 Å². The molecule has 0 unspecified atom stereocenters. The molecule has 0 aliphatic rings. The van der Waals surface area contributed by atoms with Gasteiger partial charge in [-0.15, -0.1) is 0 Å². The van der Waals surface area contributed by atoms with Crippen LogP contribution < -0.4 is 0 Å². The molecule has 0 aliphatic carbocycles. The number of para-hydroxylation sites is 1. The second-order valence-corrected chi connectivity index (χ2v) is 4.44. The highest BCUT2D eigenvalue weighted by Crippen LogP contribution is 2.19. The largest absolute Gasteiger partial charge is 0.453 e. The highest BCUT2D eigenvalue weighted by Gasteiger charge is 2.14. The van der Waals surface area contributed by atoms with Crippen molar-refractivity contribution < 1.29 is 9.21 Å². The Bertz CT molecular complexity index is 722. The number of ketones is 1. The summed E-state index contributed by atoms with van der Waals surface area (Å²) in [4.78, 5) is 16.3. The summed E-state index contributed by atoms with van der Waals surface area (Å²) in [7, 11) is 0. The fraction of sp³-hybridized carbons (Fsp3) is 0.214. The number of Topliss-reactive ketones (excluding diaryl/α,β-unsaturated/α-hetero) is 1. The average molecular weight is 255 g/mol. The van der Waals surface area contributed by atoms with Gasteiger partial charge in [0, 0.05) is 5.39 Å². The van der Waals surface area contributed by atoms with Crippen LogP contribution in [0.2, 0.25) is 0 Å². The minimum absolute atomic E-state index is 0.107. The van der Waals surface area contributed by atoms with E-state index in [2.05, 4.69) is 10.1 Å². The van der Waals surface area contributed by atoms with Gasteiger partial charge < -0.3 is 4.42 Å². The van der Waals surface area contributed by atoms with Gasteiger partial charge in [-0.05, 0) is 26.0 Å². The normalized spacial score (nSPS) is 11.1. The molecule has 3 aromatic rings. The monoisotopic (exact) mass is 255 g/mol. The SMILES string of the molecule is Cc1nc(C)n(CC(=O)c2cc3ccccc3o2)n1. The van der Waals surface area contributed by atoms with Crippen LogP contribution in [0.15, 0.2) is 34.7 Å². The van der Waals surface area contributed by atoms with Gasteiger partial charge in [-0.3, -0.25) is 4.79 Å². The zero-order valence-electron chi connectivity index (χ0n) is 10.8. The molecule has 1 aromatic carbocycles. The Labute approximate surface area is 109 Å². The van der Waals surface area contributed by atoms with E-state index in [9.17, 15) is 4.79 Å². The molecule has 19 heavy (non-hydrogen) atoms. The maximum Gasteiger partial charge on any atom is 0.219 e. The molecule has 0 N–H and O–H groups in total. The van der Waals surface area contributed by atoms with E-state index >= 15 is 0 Å². The summed E-state index contributed by atoms with van der Waals surface area (Å²) in [5, 5.41) is 5.10. The second kappa shape index (κ2) is 4.35. The van der Waals surface area contributed by atoms with Crippen LogP contribution in [0.25, 0.3) is 11.0 Å². The van der Waals surface area contributed by atoms with Crippen molar-refractivity contribution in [3.05, 3.63) is 47.7 Å². The van der Waals surface area contributed by atoms with E-state index in [1.165, 1.54) is 0 Å². The number of aryl methyl sites for hydroxylation is 2. The van der Waals surface area contributed by atoms with E-state index < -0.39 is 0 Å². The summed E-state index contributed by atoms with van der Waals surface area (Å²) >= 11 is 0. The molecule has 3 rings (SSSR count). The van der Waals surface area contributed by atoms with Gasteiger partial charge in [-0.1, -0.05) is 18.2 Å². The molecule has 0 amide bonds. The summed E-state index contributed by atoms with van der Waals surface area (Å²) < 4.78 is 7.13. The third kappa shape index (κ3) is 2.14. The lowest BCUT2D eigenvalue weighted by Crippen LogP contribution is -2.12. The number of nitrogens with zero attached hydrogens (tertiary/aromatic N) is 3. The van der Waals surface area contributed by atoms with E-state index in [0.29, 0.717) is 11.6 Å². The van der Waals surface area contributed by atoms with Crippen LogP contribution in [0.3, 0.4) is 0 Å². The number of carbonyl (C=O) groups excluding carboxylic acids is 1. The lowest BCUT2D eigenvalue weighted by atomic mass is 10.2. The number of fused-ring (bicyclic) bond motifs is 1. The van der Waals surface area contributed by atoms with E-state index in [1.807, 2.05) is 31.2 Å². The molecule has 5 nitrogen and oxygen atoms in total. The highest BCUT2D eigenvalue weighted by atomic mass is 16.3. The number of rotatable bonds is 3. The molecule has 2 heterocycles. The molecular weight excluding hydrogens is 242 g/mol. The van der Waals surface area contributed by atoms with Gasteiger partial charge in [-0.2, -0.15) is 5.10 Å². The average Bonchev–Trinajstić information content (AvgIpc) is 2.93. The number of hydrogen-bond acceptors (Lipinski definition) is 4. The predicted octanol–water partition coefficient (Wildman–Crippen LogP) is 2.52. The third-order valence-corrected chi connectivity index (χ3v) is 2.96. The van der Waals surface area contributed by atoms with Gasteiger partial charge in [-0.25, -0.2) is 9.67 Å². The maximum absolute atomic E-state index is 12.2. The Kier molecular flexibility index (Phi) is 2.67. The van der Waals surface area contributed by atoms with E-state index in [1.54, 1.807) is 17.7 Å². The number of hydrogen-bond donors (Lipinski definition) is 0. The van der Waals surface area contributed by atoms with Crippen molar-refractivity contribution in [2.75, 3.05) is 0 Å². The molecule has 0 saturated heterocycles. The Morgan fingerprint density at radius 1 is 1.32 bits per heavy atom. The van der Waals surface area contributed by atoms with Gasteiger partial charge in [0.1, 0.15) is 23.8 Å². The minimum atomic E-state index is -0.107. The molecule has 0 aliphatic heterocycles. The summed E-state index contributed by atoms with van der Waals surface area (Å²) in [6.45, 7) is 3.77. The molecule has 0 atom stereocenters. The van der Waals surface area contributed by atoms with Crippen molar-refractivity contribution in [3.8, 4) is 0 Å². The summed E-state index contributed by atoms with van der Waals surface area (Å²) in [5.41, 5.74) is 0.720. The van der Waals surface area contributed by atoms with Gasteiger partial charge in [0.15, 0.2) is 5.76 Å². The molecule has 0 bridgehead atoms. The van der Waals surface area contributed by atoms with E-state index in [4.69, 9.17) is 4.42 Å². The van der Waals surface area contributed by atoms with Gasteiger partial charge in [0.2, 0.25) is 5.78 Å². The summed E-state index contributed by atoms with van der Waals surface area (Å²) in [6, 6.07) is 9.32. The summed E-state index contributed by atoms with van der Waals surface area (Å²) in [5.74, 6) is 1.63. The fourth-order valence-corrected chi connectivity index (χ4v) is 2.04. The molecule has 0 saturated carbocycles. The molecule has 5 heteroatoms. The first-order chi connectivity index (χ1) is 9.13. The quantitative estimate of drug-likeness (QED) is 0.675. The number of benzene rings is 1. The van der Waals surface area contributed by atoms with Gasteiger partial charge in [0.25, 0.3) is 0 Å². The first kappa shape index (κ1) is 11.6. The van der Waals surface area contributed by atoms with Crippen molar-refractivity contribution in [1.82, 2.24) is 14.8 Å². The smallest absolute Gasteiger partial charge is 0.219 e. The van der Waals surface area contributed by atoms with Crippen molar-refractivity contribution in [2.45, 2.75) is 20.4 Å². The molecule has 0 spiro atoms. The molecule has 0 radical (unpaired) electrons. The lowest BCUT2D eigenvalue weighted by molar-refractivity contribution is 0.0941. The first-order valence-corrected chi connectivity index (χ1v) is 6.03. The van der Waals surface area contributed by atoms with Crippen molar-refractivity contribution in [1.29, 1.82) is 0 Å². The van der Waals surface area contributed by atoms with Crippen LogP contribution in [-0.2, 0) is 6.54 Å². The molecular formula is C14H13N3O2. The molecule has 96 valence electrons. The van der Waals surface area contributed by atoms with E-state index in [-0.39, 0.29) is 12.3 Å². The third-order valence-electron chi connectivity index (χ3n) is 2.96. The predicted molar refractivity (Wildman–Crippen MR) is 70.0 cm³/mol. The van der Waals surface area contributed by atoms with Crippen LogP contribution in [-0.4, -0.2) is 20.5 Å². The van der Waals surface area contributed by atoms with Crippen LogP contribution >= 0.6 is 0 Å². The van der Waals surface area contributed by atoms with Gasteiger partial charge in [0.05, 0.1) is 0 Å². The maximum atomic E-state index is 12.2. The molecule has 2 aromatic heterocycles. The lowest BCUT2D eigenvalue weighted by Gasteiger charge is -1.99. The van der Waals surface area contributed by atoms with E-state index in [0.717, 1.165) is 16.8 Å². The van der Waals surface area contributed by atoms with Crippen LogP contribution in [0, 0.1) is 13.8 Å². The standard InChI is InChI=1S/C14H13N3O2/c1-9-15-10(2)17(16-9)8-12(18)14-7-11-5-3-4-6-13(11)19-14/h3-7H,8H2,1-2H3. The minimum Gasteiger partial charge on any atom is -0.453 e. The van der Waals surface area contributed by atoms with Crippen LogP contribution in [0.1, 0.15) is 22.2 Å². The van der Waals surface area contributed by atoms with Crippen molar-refractivity contribution in [2.24, 2.45) is 0 Å². The zero-order chi connectivity index (χ0) is 13.4. The highest BCUT2D eigenvalue weighted by molar-refractivity contribution is 5.97. The Morgan fingerprint density at radius 3 is 2.79 bits per heavy atom. The summed E-state index contributed by atoms with van der Waals surface area (Å²) in [6.07, 6.45) is 0. The Balaban J connectivity index is 1.89. The second-order valence-electron chi connectivity index (χ2n) is 4.44. The van der Waals surface area contributed by atoms with Crippen molar-refractivity contribution in [3.63, 3.8) is 0 Å². The zero-order valence-corrected chi connectivity index (χ0v) is 10.8.